The van der Waals surface area contributed by atoms with Gasteiger partial charge in [-0.1, -0.05) is 60.7 Å². The highest BCUT2D eigenvalue weighted by Gasteiger charge is 2.30. The number of nitro benzene ring substituents is 1. The van der Waals surface area contributed by atoms with E-state index in [0.29, 0.717) is 16.7 Å². The summed E-state index contributed by atoms with van der Waals surface area (Å²) in [6.07, 6.45) is 0. The first kappa shape index (κ1) is 22.0. The van der Waals surface area contributed by atoms with Gasteiger partial charge in [-0.25, -0.2) is 0 Å². The first-order chi connectivity index (χ1) is 16.4. The van der Waals surface area contributed by atoms with Crippen LogP contribution in [-0.2, 0) is 4.79 Å². The average molecular weight is 451 g/mol. The van der Waals surface area contributed by atoms with E-state index in [1.165, 1.54) is 24.3 Å². The molecule has 0 aliphatic heterocycles. The minimum absolute atomic E-state index is 0.00376. The lowest BCUT2D eigenvalue weighted by Gasteiger charge is -2.09. The Balaban J connectivity index is 2.07. The van der Waals surface area contributed by atoms with Crippen LogP contribution in [0.1, 0.15) is 16.7 Å². The van der Waals surface area contributed by atoms with Crippen LogP contribution in [-0.4, -0.2) is 15.9 Å². The number of hydrogen-bond acceptors (Lipinski definition) is 6. The molecule has 0 aliphatic carbocycles. The van der Waals surface area contributed by atoms with Gasteiger partial charge in [-0.2, -0.15) is 5.26 Å². The Morgan fingerprint density at radius 2 is 1.47 bits per heavy atom. The first-order valence-corrected chi connectivity index (χ1v) is 10.1. The van der Waals surface area contributed by atoms with Crippen LogP contribution < -0.4 is 5.73 Å². The molecule has 34 heavy (non-hydrogen) atoms. The number of carbonyl (C=O) groups is 1. The number of rotatable bonds is 6. The van der Waals surface area contributed by atoms with Crippen molar-refractivity contribution in [3.05, 3.63) is 112 Å². The van der Waals surface area contributed by atoms with E-state index in [9.17, 15) is 25.3 Å². The van der Waals surface area contributed by atoms with E-state index in [-0.39, 0.29) is 33.9 Å². The zero-order valence-electron chi connectivity index (χ0n) is 17.6. The van der Waals surface area contributed by atoms with Crippen molar-refractivity contribution in [2.24, 2.45) is 5.73 Å². The zero-order chi connectivity index (χ0) is 24.2. The molecule has 3 N–H and O–H groups in total. The molecule has 0 bridgehead atoms. The molecule has 166 valence electrons. The number of furan rings is 1. The van der Waals surface area contributed by atoms with Gasteiger partial charge in [0, 0.05) is 28.8 Å². The summed E-state index contributed by atoms with van der Waals surface area (Å²) in [4.78, 5) is 23.2. The number of nitro groups is 1. The number of non-ortho nitro benzene ring substituents is 1. The van der Waals surface area contributed by atoms with Crippen molar-refractivity contribution in [1.82, 2.24) is 0 Å². The van der Waals surface area contributed by atoms with E-state index >= 15 is 0 Å². The van der Waals surface area contributed by atoms with Crippen molar-refractivity contribution >= 4 is 22.9 Å². The monoisotopic (exact) mass is 451 g/mol. The zero-order valence-corrected chi connectivity index (χ0v) is 17.6. The van der Waals surface area contributed by atoms with Crippen molar-refractivity contribution in [3.63, 3.8) is 0 Å². The van der Waals surface area contributed by atoms with Gasteiger partial charge in [0.1, 0.15) is 23.2 Å². The average Bonchev–Trinajstić information content (AvgIpc) is 3.24. The Bertz CT molecular complexity index is 1450. The van der Waals surface area contributed by atoms with Gasteiger partial charge in [0.05, 0.1) is 16.1 Å². The van der Waals surface area contributed by atoms with E-state index in [2.05, 4.69) is 6.07 Å². The molecule has 0 spiro atoms. The van der Waals surface area contributed by atoms with E-state index in [0.717, 1.165) is 0 Å². The van der Waals surface area contributed by atoms with E-state index in [1.54, 1.807) is 60.7 Å². The molecule has 0 saturated heterocycles. The molecule has 0 aliphatic rings. The predicted octanol–water partition coefficient (Wildman–Crippen LogP) is 5.31. The molecule has 4 aromatic rings. The third kappa shape index (κ3) is 4.01. The van der Waals surface area contributed by atoms with Crippen LogP contribution in [0.2, 0.25) is 0 Å². The molecule has 8 heteroatoms. The lowest BCUT2D eigenvalue weighted by molar-refractivity contribution is -0.384. The summed E-state index contributed by atoms with van der Waals surface area (Å²) >= 11 is 0. The Morgan fingerprint density at radius 1 is 0.912 bits per heavy atom. The molecule has 0 atom stereocenters. The number of aliphatic hydroxyl groups excluding tert-OH is 1. The molecule has 1 heterocycles. The molecule has 0 saturated carbocycles. The standard InChI is InChI=1S/C26H17N3O5/c27-15-20-21(22(26(28)31)23(30)16-7-3-1-4-8-16)25(18-11-13-19(14-12-18)29(32)33)34-24(20)17-9-5-2-6-10-17/h1-14,30H,(H2,28,31)/b23-22-. The Hall–Kier alpha value is -5.16. The van der Waals surface area contributed by atoms with Crippen molar-refractivity contribution in [1.29, 1.82) is 5.26 Å². The van der Waals surface area contributed by atoms with Crippen LogP contribution >= 0.6 is 0 Å². The number of benzene rings is 3. The van der Waals surface area contributed by atoms with Gasteiger partial charge in [-0.15, -0.1) is 0 Å². The summed E-state index contributed by atoms with van der Waals surface area (Å²) in [6.45, 7) is 0. The fourth-order valence-corrected chi connectivity index (χ4v) is 3.61. The van der Waals surface area contributed by atoms with Gasteiger partial charge < -0.3 is 15.3 Å². The molecular formula is C26H17N3O5. The summed E-state index contributed by atoms with van der Waals surface area (Å²) in [6, 6.07) is 24.6. The van der Waals surface area contributed by atoms with Crippen LogP contribution in [0, 0.1) is 21.4 Å². The van der Waals surface area contributed by atoms with Crippen LogP contribution in [0.25, 0.3) is 34.0 Å². The van der Waals surface area contributed by atoms with Gasteiger partial charge in [0.15, 0.2) is 5.76 Å². The highest BCUT2D eigenvalue weighted by atomic mass is 16.6. The maximum Gasteiger partial charge on any atom is 0.269 e. The third-order valence-corrected chi connectivity index (χ3v) is 5.18. The Morgan fingerprint density at radius 3 is 2.00 bits per heavy atom. The fraction of sp³-hybridized carbons (Fsp3) is 0. The molecule has 0 fully saturated rings. The molecule has 1 aromatic heterocycles. The van der Waals surface area contributed by atoms with Gasteiger partial charge in [-0.3, -0.25) is 14.9 Å². The quantitative estimate of drug-likeness (QED) is 0.176. The molecule has 8 nitrogen and oxygen atoms in total. The second-order valence-corrected chi connectivity index (χ2v) is 7.25. The van der Waals surface area contributed by atoms with Crippen molar-refractivity contribution in [2.45, 2.75) is 0 Å². The highest BCUT2D eigenvalue weighted by molar-refractivity contribution is 6.27. The summed E-state index contributed by atoms with van der Waals surface area (Å²) in [5, 5.41) is 32.2. The van der Waals surface area contributed by atoms with Crippen LogP contribution in [0.5, 0.6) is 0 Å². The Labute approximate surface area is 194 Å². The SMILES string of the molecule is N#Cc1c(-c2ccccc2)oc(-c2ccc([N+](=O)[O-])cc2)c1/C(C(N)=O)=C(/O)c1ccccc1. The van der Waals surface area contributed by atoms with Crippen LogP contribution in [0.15, 0.2) is 89.3 Å². The number of nitriles is 1. The summed E-state index contributed by atoms with van der Waals surface area (Å²) in [5.41, 5.74) is 6.49. The van der Waals surface area contributed by atoms with E-state index in [4.69, 9.17) is 10.2 Å². The van der Waals surface area contributed by atoms with Crippen LogP contribution in [0.4, 0.5) is 5.69 Å². The smallest absolute Gasteiger partial charge is 0.269 e. The lowest BCUT2D eigenvalue weighted by atomic mass is 9.93. The molecule has 1 amide bonds. The second-order valence-electron chi connectivity index (χ2n) is 7.25. The lowest BCUT2D eigenvalue weighted by Crippen LogP contribution is -2.16. The normalized spacial score (nSPS) is 11.4. The molecule has 4 rings (SSSR count). The minimum atomic E-state index is -0.971. The van der Waals surface area contributed by atoms with Gasteiger partial charge in [0.2, 0.25) is 0 Å². The van der Waals surface area contributed by atoms with Gasteiger partial charge in [0.25, 0.3) is 11.6 Å². The number of nitrogens with two attached hydrogens (primary N) is 1. The largest absolute Gasteiger partial charge is 0.506 e. The number of carbonyl (C=O) groups excluding carboxylic acids is 1. The second kappa shape index (κ2) is 9.14. The van der Waals surface area contributed by atoms with E-state index in [1.807, 2.05) is 0 Å². The summed E-state index contributed by atoms with van der Waals surface area (Å²) < 4.78 is 6.08. The van der Waals surface area contributed by atoms with Gasteiger partial charge >= 0.3 is 0 Å². The van der Waals surface area contributed by atoms with Crippen molar-refractivity contribution in [2.75, 3.05) is 0 Å². The maximum absolute atomic E-state index is 12.6. The molecule has 3 aromatic carbocycles. The maximum atomic E-state index is 12.6. The van der Waals surface area contributed by atoms with Crippen LogP contribution in [0.3, 0.4) is 0 Å². The number of hydrogen-bond donors (Lipinski definition) is 2. The molecule has 0 radical (unpaired) electrons. The van der Waals surface area contributed by atoms with Crippen molar-refractivity contribution in [3.8, 4) is 28.7 Å². The topological polar surface area (TPSA) is 143 Å². The predicted molar refractivity (Wildman–Crippen MR) is 126 cm³/mol. The minimum Gasteiger partial charge on any atom is -0.506 e. The molecular weight excluding hydrogens is 434 g/mol. The number of nitrogens with zero attached hydrogens (tertiary/aromatic N) is 2. The number of primary amides is 1. The van der Waals surface area contributed by atoms with E-state index < -0.39 is 16.6 Å². The summed E-state index contributed by atoms with van der Waals surface area (Å²) in [7, 11) is 0. The van der Waals surface area contributed by atoms with Crippen molar-refractivity contribution < 1.29 is 19.2 Å². The Kier molecular flexibility index (Phi) is 5.93. The third-order valence-electron chi connectivity index (χ3n) is 5.18. The first-order valence-electron chi connectivity index (χ1n) is 10.1. The number of amides is 1. The number of aliphatic hydroxyl groups is 1. The summed E-state index contributed by atoms with van der Waals surface area (Å²) in [5.74, 6) is -1.15. The highest BCUT2D eigenvalue weighted by Crippen LogP contribution is 2.42. The fourth-order valence-electron chi connectivity index (χ4n) is 3.61. The molecule has 0 unspecified atom stereocenters. The van der Waals surface area contributed by atoms with Gasteiger partial charge in [-0.05, 0) is 12.1 Å².